The van der Waals surface area contributed by atoms with Gasteiger partial charge in [-0.2, -0.15) is 0 Å². The third-order valence-corrected chi connectivity index (χ3v) is 1.04. The van der Waals surface area contributed by atoms with Crippen molar-refractivity contribution < 1.29 is 19.4 Å². The van der Waals surface area contributed by atoms with Crippen LogP contribution in [0.4, 0.5) is 0 Å². The monoisotopic (exact) mass is 158 g/mol. The van der Waals surface area contributed by atoms with Gasteiger partial charge in [0, 0.05) is 0 Å². The fourth-order valence-corrected chi connectivity index (χ4v) is 0.572. The molecule has 0 aliphatic heterocycles. The lowest BCUT2D eigenvalue weighted by molar-refractivity contribution is -0.142. The van der Waals surface area contributed by atoms with Gasteiger partial charge in [-0.15, -0.1) is 0 Å². The molecule has 0 aromatic rings. The number of carbonyl (C=O) groups excluding carboxylic acids is 1. The van der Waals surface area contributed by atoms with E-state index in [1.807, 2.05) is 0 Å². The summed E-state index contributed by atoms with van der Waals surface area (Å²) in [7, 11) is 1.15. The molecule has 0 fully saturated rings. The van der Waals surface area contributed by atoms with Gasteiger partial charge < -0.3 is 9.84 Å². The van der Waals surface area contributed by atoms with E-state index in [0.29, 0.717) is 6.42 Å². The zero-order chi connectivity index (χ0) is 8.85. The standard InChI is InChI=1S/C7H10O4/c1-3-4-5(6(8)9)7(10)11-2/h4H,3H2,1-2H3,(H,8,9). The van der Waals surface area contributed by atoms with Gasteiger partial charge in [0.25, 0.3) is 0 Å². The average Bonchev–Trinajstić information content (AvgIpc) is 1.98. The molecule has 0 amide bonds. The average molecular weight is 158 g/mol. The molecule has 0 saturated heterocycles. The van der Waals surface area contributed by atoms with E-state index in [4.69, 9.17) is 5.11 Å². The van der Waals surface area contributed by atoms with Crippen LogP contribution >= 0.6 is 0 Å². The van der Waals surface area contributed by atoms with Crippen LogP contribution in [0.25, 0.3) is 0 Å². The van der Waals surface area contributed by atoms with E-state index in [0.717, 1.165) is 7.11 Å². The number of rotatable bonds is 3. The maximum absolute atomic E-state index is 10.7. The third kappa shape index (κ3) is 2.84. The van der Waals surface area contributed by atoms with Crippen LogP contribution in [-0.4, -0.2) is 24.2 Å². The number of hydrogen-bond donors (Lipinski definition) is 1. The fourth-order valence-electron chi connectivity index (χ4n) is 0.572. The Hall–Kier alpha value is -1.32. The van der Waals surface area contributed by atoms with Crippen LogP contribution in [-0.2, 0) is 14.3 Å². The molecule has 0 aliphatic rings. The molecule has 62 valence electrons. The van der Waals surface area contributed by atoms with Gasteiger partial charge in [0.15, 0.2) is 0 Å². The number of ether oxygens (including phenoxy) is 1. The van der Waals surface area contributed by atoms with Crippen LogP contribution in [0, 0.1) is 0 Å². The van der Waals surface area contributed by atoms with Gasteiger partial charge in [-0.3, -0.25) is 0 Å². The third-order valence-electron chi connectivity index (χ3n) is 1.04. The second-order valence-corrected chi connectivity index (χ2v) is 1.82. The van der Waals surface area contributed by atoms with Crippen molar-refractivity contribution >= 4 is 11.9 Å². The molecule has 0 rings (SSSR count). The summed E-state index contributed by atoms with van der Waals surface area (Å²) in [6, 6.07) is 0. The summed E-state index contributed by atoms with van der Waals surface area (Å²) in [6.07, 6.45) is 1.81. The number of carboxylic acid groups (broad SMARTS) is 1. The molecule has 0 bridgehead atoms. The van der Waals surface area contributed by atoms with Crippen LogP contribution in [0.2, 0.25) is 0 Å². The lowest BCUT2D eigenvalue weighted by Crippen LogP contribution is -2.13. The number of methoxy groups -OCH3 is 1. The van der Waals surface area contributed by atoms with Crippen molar-refractivity contribution in [1.82, 2.24) is 0 Å². The first-order chi connectivity index (χ1) is 5.13. The quantitative estimate of drug-likeness (QED) is 0.282. The van der Waals surface area contributed by atoms with Gasteiger partial charge in [0.2, 0.25) is 0 Å². The van der Waals surface area contributed by atoms with E-state index in [2.05, 4.69) is 4.74 Å². The number of allylic oxidation sites excluding steroid dienone is 1. The summed E-state index contributed by atoms with van der Waals surface area (Å²) >= 11 is 0. The Balaban J connectivity index is 4.48. The van der Waals surface area contributed by atoms with E-state index in [-0.39, 0.29) is 5.57 Å². The topological polar surface area (TPSA) is 63.6 Å². The van der Waals surface area contributed by atoms with E-state index < -0.39 is 11.9 Å². The van der Waals surface area contributed by atoms with Crippen LogP contribution in [0.5, 0.6) is 0 Å². The van der Waals surface area contributed by atoms with Crippen molar-refractivity contribution in [3.8, 4) is 0 Å². The number of esters is 1. The molecular weight excluding hydrogens is 148 g/mol. The van der Waals surface area contributed by atoms with Crippen LogP contribution < -0.4 is 0 Å². The highest BCUT2D eigenvalue weighted by Crippen LogP contribution is 1.99. The van der Waals surface area contributed by atoms with Gasteiger partial charge in [0.1, 0.15) is 5.57 Å². The molecule has 0 aromatic heterocycles. The Kier molecular flexibility index (Phi) is 3.95. The Bertz CT molecular complexity index is 193. The molecule has 0 aromatic carbocycles. The van der Waals surface area contributed by atoms with Gasteiger partial charge in [-0.05, 0) is 6.42 Å². The molecular formula is C7H10O4. The molecule has 0 aliphatic carbocycles. The predicted octanol–water partition coefficient (Wildman–Crippen LogP) is 0.580. The number of carbonyl (C=O) groups is 2. The van der Waals surface area contributed by atoms with E-state index in [1.54, 1.807) is 6.92 Å². The maximum Gasteiger partial charge on any atom is 0.344 e. The summed E-state index contributed by atoms with van der Waals surface area (Å²) in [4.78, 5) is 21.0. The maximum atomic E-state index is 10.7. The van der Waals surface area contributed by atoms with E-state index in [1.165, 1.54) is 6.08 Å². The van der Waals surface area contributed by atoms with Crippen molar-refractivity contribution in [3.05, 3.63) is 11.6 Å². The van der Waals surface area contributed by atoms with E-state index >= 15 is 0 Å². The number of aliphatic carboxylic acids is 1. The SMILES string of the molecule is CCC=C(C(=O)O)C(=O)OC. The zero-order valence-corrected chi connectivity index (χ0v) is 6.46. The number of hydrogen-bond acceptors (Lipinski definition) is 3. The van der Waals surface area contributed by atoms with Crippen molar-refractivity contribution in [2.45, 2.75) is 13.3 Å². The minimum atomic E-state index is -1.25. The summed E-state index contributed by atoms with van der Waals surface area (Å²) in [5.41, 5.74) is -0.310. The summed E-state index contributed by atoms with van der Waals surface area (Å²) in [5, 5.41) is 8.44. The van der Waals surface area contributed by atoms with Gasteiger partial charge in [-0.1, -0.05) is 13.0 Å². The Morgan fingerprint density at radius 3 is 2.36 bits per heavy atom. The minimum absolute atomic E-state index is 0.310. The minimum Gasteiger partial charge on any atom is -0.477 e. The first kappa shape index (κ1) is 9.68. The number of carboxylic acids is 1. The highest BCUT2D eigenvalue weighted by atomic mass is 16.5. The van der Waals surface area contributed by atoms with Crippen molar-refractivity contribution in [1.29, 1.82) is 0 Å². The van der Waals surface area contributed by atoms with Crippen molar-refractivity contribution in [2.24, 2.45) is 0 Å². The second kappa shape index (κ2) is 4.49. The highest BCUT2D eigenvalue weighted by molar-refractivity contribution is 6.13. The summed E-state index contributed by atoms with van der Waals surface area (Å²) < 4.78 is 4.24. The van der Waals surface area contributed by atoms with Crippen molar-refractivity contribution in [2.75, 3.05) is 7.11 Å². The van der Waals surface area contributed by atoms with Crippen molar-refractivity contribution in [3.63, 3.8) is 0 Å². The van der Waals surface area contributed by atoms with Crippen LogP contribution in [0.1, 0.15) is 13.3 Å². The fraction of sp³-hybridized carbons (Fsp3) is 0.429. The lowest BCUT2D eigenvalue weighted by Gasteiger charge is -1.97. The molecule has 4 nitrogen and oxygen atoms in total. The molecule has 4 heteroatoms. The second-order valence-electron chi connectivity index (χ2n) is 1.82. The smallest absolute Gasteiger partial charge is 0.344 e. The van der Waals surface area contributed by atoms with E-state index in [9.17, 15) is 9.59 Å². The Morgan fingerprint density at radius 2 is 2.09 bits per heavy atom. The molecule has 11 heavy (non-hydrogen) atoms. The van der Waals surface area contributed by atoms with Crippen LogP contribution in [0.3, 0.4) is 0 Å². The molecule has 1 N–H and O–H groups in total. The highest BCUT2D eigenvalue weighted by Gasteiger charge is 2.16. The Morgan fingerprint density at radius 1 is 1.55 bits per heavy atom. The normalized spacial score (nSPS) is 10.9. The molecule has 0 radical (unpaired) electrons. The molecule has 0 spiro atoms. The van der Waals surface area contributed by atoms with Crippen LogP contribution in [0.15, 0.2) is 11.6 Å². The largest absolute Gasteiger partial charge is 0.477 e. The molecule has 0 heterocycles. The van der Waals surface area contributed by atoms with Gasteiger partial charge in [-0.25, -0.2) is 9.59 Å². The molecule has 0 unspecified atom stereocenters. The van der Waals surface area contributed by atoms with Gasteiger partial charge >= 0.3 is 11.9 Å². The molecule has 0 atom stereocenters. The predicted molar refractivity (Wildman–Crippen MR) is 38.0 cm³/mol. The first-order valence-corrected chi connectivity index (χ1v) is 3.15. The summed E-state index contributed by atoms with van der Waals surface area (Å²) in [6.45, 7) is 1.74. The lowest BCUT2D eigenvalue weighted by atomic mass is 10.2. The first-order valence-electron chi connectivity index (χ1n) is 3.15. The van der Waals surface area contributed by atoms with Gasteiger partial charge in [0.05, 0.1) is 7.11 Å². The molecule has 0 saturated carbocycles. The summed E-state index contributed by atoms with van der Waals surface area (Å²) in [5.74, 6) is -2.06. The Labute approximate surface area is 64.5 Å². The zero-order valence-electron chi connectivity index (χ0n) is 6.46.